The summed E-state index contributed by atoms with van der Waals surface area (Å²) < 4.78 is 5.80. The maximum atomic E-state index is 6.18. The number of para-hydroxylation sites is 1. The van der Waals surface area contributed by atoms with Crippen LogP contribution in [0.25, 0.3) is 0 Å². The second-order valence-electron chi connectivity index (χ2n) is 4.51. The number of nitrogens with zero attached hydrogens (tertiary/aromatic N) is 2. The second kappa shape index (κ2) is 6.82. The van der Waals surface area contributed by atoms with Crippen molar-refractivity contribution in [3.63, 3.8) is 0 Å². The molecular formula is C15H16ClN5O. The van der Waals surface area contributed by atoms with Crippen LogP contribution in [-0.2, 0) is 0 Å². The van der Waals surface area contributed by atoms with E-state index in [0.29, 0.717) is 22.2 Å². The Hall–Kier alpha value is -2.73. The lowest BCUT2D eigenvalue weighted by Gasteiger charge is -2.10. The Morgan fingerprint density at radius 3 is 2.36 bits per heavy atom. The largest absolute Gasteiger partial charge is 0.454 e. The van der Waals surface area contributed by atoms with Gasteiger partial charge in [0.15, 0.2) is 11.7 Å². The molecule has 2 aromatic carbocycles. The van der Waals surface area contributed by atoms with E-state index in [1.807, 2.05) is 31.2 Å². The molecule has 0 heterocycles. The normalized spacial score (nSPS) is 11.1. The Labute approximate surface area is 133 Å². The first-order valence-electron chi connectivity index (χ1n) is 6.42. The standard InChI is InChI=1S/C15H16ClN5O/c1-9-5-7-10(8-6-9)22-13-11(16)3-2-4-12(13)20-15(19)21-14(17)18/h2-8H,1H3,(H6,17,18,19,20,21). The van der Waals surface area contributed by atoms with E-state index in [-0.39, 0.29) is 11.9 Å². The van der Waals surface area contributed by atoms with Gasteiger partial charge in [-0.1, -0.05) is 35.4 Å². The molecule has 6 N–H and O–H groups in total. The minimum atomic E-state index is -0.177. The van der Waals surface area contributed by atoms with Gasteiger partial charge >= 0.3 is 0 Å². The molecule has 0 unspecified atom stereocenters. The van der Waals surface area contributed by atoms with Crippen molar-refractivity contribution in [1.29, 1.82) is 0 Å². The van der Waals surface area contributed by atoms with Crippen LogP contribution in [0.15, 0.2) is 52.4 Å². The zero-order valence-corrected chi connectivity index (χ0v) is 12.7. The Kier molecular flexibility index (Phi) is 4.85. The molecule has 0 atom stereocenters. The van der Waals surface area contributed by atoms with Gasteiger partial charge in [0.2, 0.25) is 5.96 Å². The zero-order chi connectivity index (χ0) is 16.1. The molecule has 2 rings (SSSR count). The highest BCUT2D eigenvalue weighted by atomic mass is 35.5. The van der Waals surface area contributed by atoms with E-state index in [1.165, 1.54) is 0 Å². The molecule has 0 fully saturated rings. The summed E-state index contributed by atoms with van der Waals surface area (Å²) in [4.78, 5) is 7.77. The van der Waals surface area contributed by atoms with Crippen molar-refractivity contribution < 1.29 is 4.74 Å². The van der Waals surface area contributed by atoms with Crippen molar-refractivity contribution in [3.05, 3.63) is 53.1 Å². The molecule has 7 heteroatoms. The van der Waals surface area contributed by atoms with Crippen molar-refractivity contribution >= 4 is 29.2 Å². The summed E-state index contributed by atoms with van der Waals surface area (Å²) in [6.45, 7) is 1.99. The molecule has 0 aliphatic heterocycles. The highest BCUT2D eigenvalue weighted by molar-refractivity contribution is 6.32. The molecule has 0 saturated heterocycles. The fourth-order valence-corrected chi connectivity index (χ4v) is 1.90. The summed E-state index contributed by atoms with van der Waals surface area (Å²) >= 11 is 6.18. The van der Waals surface area contributed by atoms with Crippen LogP contribution in [0.3, 0.4) is 0 Å². The average Bonchev–Trinajstić information content (AvgIpc) is 2.44. The molecule has 0 aliphatic carbocycles. The van der Waals surface area contributed by atoms with E-state index < -0.39 is 0 Å². The smallest absolute Gasteiger partial charge is 0.223 e. The van der Waals surface area contributed by atoms with E-state index in [2.05, 4.69) is 9.98 Å². The third-order valence-corrected chi connectivity index (χ3v) is 2.96. The van der Waals surface area contributed by atoms with Crippen molar-refractivity contribution in [1.82, 2.24) is 0 Å². The number of hydrogen-bond acceptors (Lipinski definition) is 2. The van der Waals surface area contributed by atoms with Gasteiger partial charge < -0.3 is 21.9 Å². The maximum Gasteiger partial charge on any atom is 0.223 e. The van der Waals surface area contributed by atoms with Gasteiger partial charge in [-0.05, 0) is 31.2 Å². The Balaban J connectivity index is 2.38. The van der Waals surface area contributed by atoms with E-state index in [9.17, 15) is 0 Å². The number of nitrogens with two attached hydrogens (primary N) is 3. The Bertz CT molecular complexity index is 721. The predicted octanol–water partition coefficient (Wildman–Crippen LogP) is 2.66. The van der Waals surface area contributed by atoms with Crippen molar-refractivity contribution in [2.75, 3.05) is 0 Å². The highest BCUT2D eigenvalue weighted by Gasteiger charge is 2.10. The lowest BCUT2D eigenvalue weighted by atomic mass is 10.2. The number of hydrogen-bond donors (Lipinski definition) is 3. The van der Waals surface area contributed by atoms with Crippen LogP contribution in [-0.4, -0.2) is 11.9 Å². The topological polar surface area (TPSA) is 112 Å². The molecule has 0 aliphatic rings. The molecular weight excluding hydrogens is 302 g/mol. The minimum Gasteiger partial charge on any atom is -0.454 e. The molecule has 0 radical (unpaired) electrons. The molecule has 0 amide bonds. The fourth-order valence-electron chi connectivity index (χ4n) is 1.69. The molecule has 0 aromatic heterocycles. The number of halogens is 1. The first kappa shape index (κ1) is 15.7. The van der Waals surface area contributed by atoms with Gasteiger partial charge in [0.05, 0.1) is 5.02 Å². The summed E-state index contributed by atoms with van der Waals surface area (Å²) in [6.07, 6.45) is 0. The van der Waals surface area contributed by atoms with Crippen LogP contribution in [0, 0.1) is 6.92 Å². The van der Waals surface area contributed by atoms with Crippen LogP contribution in [0.2, 0.25) is 5.02 Å². The first-order valence-corrected chi connectivity index (χ1v) is 6.80. The van der Waals surface area contributed by atoms with Gasteiger partial charge in [0.25, 0.3) is 0 Å². The lowest BCUT2D eigenvalue weighted by Crippen LogP contribution is -2.26. The summed E-state index contributed by atoms with van der Waals surface area (Å²) in [5.74, 6) is 0.748. The van der Waals surface area contributed by atoms with Crippen molar-refractivity contribution in [3.8, 4) is 11.5 Å². The number of ether oxygens (including phenoxy) is 1. The van der Waals surface area contributed by atoms with Crippen LogP contribution in [0.1, 0.15) is 5.56 Å². The Morgan fingerprint density at radius 1 is 1.05 bits per heavy atom. The predicted molar refractivity (Wildman–Crippen MR) is 89.8 cm³/mol. The van der Waals surface area contributed by atoms with E-state index in [1.54, 1.807) is 18.2 Å². The van der Waals surface area contributed by atoms with Gasteiger partial charge in [-0.15, -0.1) is 0 Å². The van der Waals surface area contributed by atoms with Gasteiger partial charge in [-0.3, -0.25) is 0 Å². The number of aliphatic imine (C=N–C) groups is 2. The summed E-state index contributed by atoms with van der Waals surface area (Å²) in [5.41, 5.74) is 17.7. The summed E-state index contributed by atoms with van der Waals surface area (Å²) in [6, 6.07) is 12.7. The zero-order valence-electron chi connectivity index (χ0n) is 12.0. The Morgan fingerprint density at radius 2 is 1.73 bits per heavy atom. The molecule has 22 heavy (non-hydrogen) atoms. The van der Waals surface area contributed by atoms with Crippen molar-refractivity contribution in [2.24, 2.45) is 27.2 Å². The van der Waals surface area contributed by atoms with Crippen LogP contribution >= 0.6 is 11.6 Å². The fraction of sp³-hybridized carbons (Fsp3) is 0.0667. The number of benzene rings is 2. The van der Waals surface area contributed by atoms with Crippen LogP contribution in [0.5, 0.6) is 11.5 Å². The summed E-state index contributed by atoms with van der Waals surface area (Å²) in [7, 11) is 0. The molecule has 0 bridgehead atoms. The van der Waals surface area contributed by atoms with Crippen LogP contribution < -0.4 is 21.9 Å². The first-order chi connectivity index (χ1) is 10.5. The lowest BCUT2D eigenvalue weighted by molar-refractivity contribution is 0.484. The number of guanidine groups is 2. The monoisotopic (exact) mass is 317 g/mol. The highest BCUT2D eigenvalue weighted by Crippen LogP contribution is 2.38. The van der Waals surface area contributed by atoms with E-state index >= 15 is 0 Å². The van der Waals surface area contributed by atoms with E-state index in [4.69, 9.17) is 33.5 Å². The third-order valence-electron chi connectivity index (χ3n) is 2.67. The quantitative estimate of drug-likeness (QED) is 0.596. The van der Waals surface area contributed by atoms with Gasteiger partial charge in [0, 0.05) is 0 Å². The molecule has 114 valence electrons. The van der Waals surface area contributed by atoms with Crippen LogP contribution in [0.4, 0.5) is 5.69 Å². The maximum absolute atomic E-state index is 6.18. The molecule has 0 saturated carbocycles. The molecule has 0 spiro atoms. The number of rotatable bonds is 3. The minimum absolute atomic E-state index is 0.0870. The van der Waals surface area contributed by atoms with Gasteiger partial charge in [-0.25, -0.2) is 4.99 Å². The SMILES string of the molecule is Cc1ccc(Oc2c(Cl)cccc2N=C(N)N=C(N)N)cc1. The van der Waals surface area contributed by atoms with Gasteiger partial charge in [0.1, 0.15) is 11.4 Å². The van der Waals surface area contributed by atoms with Gasteiger partial charge in [-0.2, -0.15) is 4.99 Å². The number of aryl methyl sites for hydroxylation is 1. The third kappa shape index (κ3) is 4.13. The van der Waals surface area contributed by atoms with E-state index in [0.717, 1.165) is 5.56 Å². The molecule has 2 aromatic rings. The van der Waals surface area contributed by atoms with Crippen molar-refractivity contribution in [2.45, 2.75) is 6.92 Å². The summed E-state index contributed by atoms with van der Waals surface area (Å²) in [5, 5.41) is 0.402. The molecule has 6 nitrogen and oxygen atoms in total. The second-order valence-corrected chi connectivity index (χ2v) is 4.92. The average molecular weight is 318 g/mol.